The fraction of sp³-hybridized carbons (Fsp3) is 0.353. The number of pyridine rings is 1. The third-order valence-corrected chi connectivity index (χ3v) is 4.21. The van der Waals surface area contributed by atoms with Gasteiger partial charge in [0.05, 0.1) is 11.1 Å². The Labute approximate surface area is 131 Å². The van der Waals surface area contributed by atoms with Crippen molar-refractivity contribution < 1.29 is 5.11 Å². The number of thioether (sulfide) groups is 1. The Morgan fingerprint density at radius 1 is 1.19 bits per heavy atom. The van der Waals surface area contributed by atoms with Crippen molar-refractivity contribution in [1.82, 2.24) is 9.88 Å². The summed E-state index contributed by atoms with van der Waals surface area (Å²) in [4.78, 5) is 6.48. The minimum Gasteiger partial charge on any atom is -0.391 e. The second-order valence-corrected chi connectivity index (χ2v) is 6.36. The molecule has 21 heavy (non-hydrogen) atoms. The summed E-state index contributed by atoms with van der Waals surface area (Å²) in [5, 5.41) is 11.1. The van der Waals surface area contributed by atoms with Gasteiger partial charge in [-0.2, -0.15) is 0 Å². The molecule has 1 unspecified atom stereocenters. The molecule has 1 heterocycles. The van der Waals surface area contributed by atoms with Gasteiger partial charge in [-0.1, -0.05) is 36.4 Å². The van der Waals surface area contributed by atoms with Crippen LogP contribution in [0.4, 0.5) is 0 Å². The van der Waals surface area contributed by atoms with Crippen LogP contribution in [0, 0.1) is 6.92 Å². The van der Waals surface area contributed by atoms with Crippen molar-refractivity contribution in [1.29, 1.82) is 0 Å². The predicted octanol–water partition coefficient (Wildman–Crippen LogP) is 2.98. The number of nitrogens with zero attached hydrogens (tertiary/aromatic N) is 2. The zero-order chi connectivity index (χ0) is 15.1. The van der Waals surface area contributed by atoms with Gasteiger partial charge in [0.25, 0.3) is 0 Å². The number of hydrogen-bond donors (Lipinski definition) is 1. The summed E-state index contributed by atoms with van der Waals surface area (Å²) in [6.45, 7) is 3.54. The molecule has 0 aliphatic rings. The molecule has 4 heteroatoms. The highest BCUT2D eigenvalue weighted by atomic mass is 32.2. The smallest absolute Gasteiger partial charge is 0.0960 e. The van der Waals surface area contributed by atoms with Gasteiger partial charge in [-0.05, 0) is 31.2 Å². The lowest BCUT2D eigenvalue weighted by molar-refractivity contribution is 0.142. The number of aliphatic hydroxyl groups excluding tert-OH is 1. The summed E-state index contributed by atoms with van der Waals surface area (Å²) in [7, 11) is 2.03. The molecule has 0 aliphatic carbocycles. The maximum atomic E-state index is 10.1. The molecule has 0 saturated heterocycles. The van der Waals surface area contributed by atoms with Gasteiger partial charge in [0.15, 0.2) is 0 Å². The highest BCUT2D eigenvalue weighted by Crippen LogP contribution is 2.16. The molecular formula is C17H22N2OS. The monoisotopic (exact) mass is 302 g/mol. The lowest BCUT2D eigenvalue weighted by Gasteiger charge is -2.20. The molecule has 0 aliphatic heterocycles. The van der Waals surface area contributed by atoms with E-state index in [2.05, 4.69) is 22.0 Å². The summed E-state index contributed by atoms with van der Waals surface area (Å²) in [6, 6.07) is 14.4. The van der Waals surface area contributed by atoms with Gasteiger partial charge in [0.2, 0.25) is 0 Å². The molecule has 2 rings (SSSR count). The molecule has 112 valence electrons. The van der Waals surface area contributed by atoms with Crippen molar-refractivity contribution in [3.05, 3.63) is 59.8 Å². The average Bonchev–Trinajstić information content (AvgIpc) is 2.47. The third-order valence-electron chi connectivity index (χ3n) is 3.13. The Bertz CT molecular complexity index is 530. The standard InChI is InChI=1S/C17H22N2OS/c1-14-8-9-17(18-10-14)21-13-16(20)12-19(2)11-15-6-4-3-5-7-15/h3-10,16,20H,11-13H2,1-2H3. The number of aromatic nitrogens is 1. The minimum absolute atomic E-state index is 0.355. The second kappa shape index (κ2) is 8.17. The molecule has 0 bridgehead atoms. The van der Waals surface area contributed by atoms with Gasteiger partial charge in [0.1, 0.15) is 0 Å². The van der Waals surface area contributed by atoms with E-state index in [9.17, 15) is 5.11 Å². The zero-order valence-corrected chi connectivity index (χ0v) is 13.4. The van der Waals surface area contributed by atoms with E-state index in [-0.39, 0.29) is 6.10 Å². The third kappa shape index (κ3) is 5.87. The molecule has 0 saturated carbocycles. The van der Waals surface area contributed by atoms with Crippen LogP contribution in [0.5, 0.6) is 0 Å². The fourth-order valence-electron chi connectivity index (χ4n) is 2.09. The van der Waals surface area contributed by atoms with Crippen molar-refractivity contribution in [2.75, 3.05) is 19.3 Å². The maximum absolute atomic E-state index is 10.1. The molecule has 2 aromatic rings. The van der Waals surface area contributed by atoms with E-state index in [0.29, 0.717) is 12.3 Å². The number of aliphatic hydroxyl groups is 1. The molecule has 3 nitrogen and oxygen atoms in total. The van der Waals surface area contributed by atoms with Gasteiger partial charge >= 0.3 is 0 Å². The lowest BCUT2D eigenvalue weighted by atomic mass is 10.2. The summed E-state index contributed by atoms with van der Waals surface area (Å²) < 4.78 is 0. The zero-order valence-electron chi connectivity index (χ0n) is 12.6. The van der Waals surface area contributed by atoms with Crippen molar-refractivity contribution in [3.63, 3.8) is 0 Å². The highest BCUT2D eigenvalue weighted by molar-refractivity contribution is 7.99. The molecule has 1 N–H and O–H groups in total. The number of hydrogen-bond acceptors (Lipinski definition) is 4. The Kier molecular flexibility index (Phi) is 6.23. The normalized spacial score (nSPS) is 12.6. The van der Waals surface area contributed by atoms with Gasteiger partial charge < -0.3 is 5.11 Å². The van der Waals surface area contributed by atoms with Crippen LogP contribution >= 0.6 is 11.8 Å². The van der Waals surface area contributed by atoms with E-state index >= 15 is 0 Å². The van der Waals surface area contributed by atoms with Gasteiger partial charge in [-0.15, -0.1) is 11.8 Å². The summed E-state index contributed by atoms with van der Waals surface area (Å²) in [5.74, 6) is 0.662. The van der Waals surface area contributed by atoms with Crippen LogP contribution in [0.2, 0.25) is 0 Å². The summed E-state index contributed by atoms with van der Waals surface area (Å²) in [5.41, 5.74) is 2.42. The van der Waals surface area contributed by atoms with Gasteiger partial charge in [-0.25, -0.2) is 4.98 Å². The molecule has 0 radical (unpaired) electrons. The Morgan fingerprint density at radius 3 is 2.62 bits per heavy atom. The van der Waals surface area contributed by atoms with Crippen LogP contribution in [0.15, 0.2) is 53.7 Å². The first-order chi connectivity index (χ1) is 10.1. The van der Waals surface area contributed by atoms with Crippen LogP contribution in [-0.4, -0.2) is 40.4 Å². The maximum Gasteiger partial charge on any atom is 0.0960 e. The van der Waals surface area contributed by atoms with Crippen LogP contribution < -0.4 is 0 Å². The van der Waals surface area contributed by atoms with Crippen molar-refractivity contribution in [3.8, 4) is 0 Å². The fourth-order valence-corrected chi connectivity index (χ4v) is 2.85. The molecule has 0 fully saturated rings. The lowest BCUT2D eigenvalue weighted by Crippen LogP contribution is -2.30. The number of benzene rings is 1. The highest BCUT2D eigenvalue weighted by Gasteiger charge is 2.09. The number of likely N-dealkylation sites (N-methyl/N-ethyl adjacent to an activating group) is 1. The Morgan fingerprint density at radius 2 is 1.95 bits per heavy atom. The quantitative estimate of drug-likeness (QED) is 0.798. The molecule has 0 amide bonds. The predicted molar refractivity (Wildman–Crippen MR) is 88.5 cm³/mol. The second-order valence-electron chi connectivity index (χ2n) is 5.32. The summed E-state index contributed by atoms with van der Waals surface area (Å²) >= 11 is 1.60. The number of aryl methyl sites for hydroxylation is 1. The molecule has 1 aromatic heterocycles. The van der Waals surface area contributed by atoms with Crippen LogP contribution in [0.1, 0.15) is 11.1 Å². The molecule has 1 aromatic carbocycles. The Balaban J connectivity index is 1.73. The average molecular weight is 302 g/mol. The summed E-state index contributed by atoms with van der Waals surface area (Å²) in [6.07, 6.45) is 1.50. The Hall–Kier alpha value is -1.36. The van der Waals surface area contributed by atoms with Crippen molar-refractivity contribution >= 4 is 11.8 Å². The van der Waals surface area contributed by atoms with Crippen LogP contribution in [0.25, 0.3) is 0 Å². The van der Waals surface area contributed by atoms with Crippen molar-refractivity contribution in [2.24, 2.45) is 0 Å². The van der Waals surface area contributed by atoms with E-state index in [1.807, 2.05) is 50.5 Å². The minimum atomic E-state index is -0.355. The van der Waals surface area contributed by atoms with E-state index in [4.69, 9.17) is 0 Å². The molecule has 0 spiro atoms. The van der Waals surface area contributed by atoms with Crippen LogP contribution in [0.3, 0.4) is 0 Å². The molecular weight excluding hydrogens is 280 g/mol. The van der Waals surface area contributed by atoms with Gasteiger partial charge in [-0.3, -0.25) is 4.90 Å². The van der Waals surface area contributed by atoms with Crippen molar-refractivity contribution in [2.45, 2.75) is 24.6 Å². The first kappa shape index (κ1) is 16.0. The first-order valence-corrected chi connectivity index (χ1v) is 8.08. The molecule has 1 atom stereocenters. The topological polar surface area (TPSA) is 36.4 Å². The van der Waals surface area contributed by atoms with E-state index in [1.54, 1.807) is 11.8 Å². The van der Waals surface area contributed by atoms with E-state index in [0.717, 1.165) is 17.1 Å². The van der Waals surface area contributed by atoms with E-state index < -0.39 is 0 Å². The first-order valence-electron chi connectivity index (χ1n) is 7.09. The van der Waals surface area contributed by atoms with Crippen LogP contribution in [-0.2, 0) is 6.54 Å². The van der Waals surface area contributed by atoms with E-state index in [1.165, 1.54) is 5.56 Å². The largest absolute Gasteiger partial charge is 0.391 e. The van der Waals surface area contributed by atoms with Gasteiger partial charge in [0, 0.05) is 25.0 Å². The SMILES string of the molecule is Cc1ccc(SCC(O)CN(C)Cc2ccccc2)nc1. The number of rotatable bonds is 7.